The van der Waals surface area contributed by atoms with E-state index in [9.17, 15) is 0 Å². The van der Waals surface area contributed by atoms with Crippen molar-refractivity contribution in [2.75, 3.05) is 6.61 Å². The second-order valence-corrected chi connectivity index (χ2v) is 7.27. The number of rotatable bonds is 3. The molecule has 0 amide bonds. The lowest BCUT2D eigenvalue weighted by atomic mass is 10.1. The molecule has 1 unspecified atom stereocenters. The first kappa shape index (κ1) is 17.1. The van der Waals surface area contributed by atoms with E-state index in [1.165, 1.54) is 5.56 Å². The van der Waals surface area contributed by atoms with Gasteiger partial charge >= 0.3 is 0 Å². The van der Waals surface area contributed by atoms with Crippen LogP contribution in [0.5, 0.6) is 0 Å². The largest absolute Gasteiger partial charge is 0.371 e. The molecular weight excluding hydrogens is 376 g/mol. The van der Waals surface area contributed by atoms with Gasteiger partial charge in [0.05, 0.1) is 23.7 Å². The van der Waals surface area contributed by atoms with E-state index in [4.69, 9.17) is 9.72 Å². The molecule has 0 fully saturated rings. The lowest BCUT2D eigenvalue weighted by molar-refractivity contribution is 0.0679. The van der Waals surface area contributed by atoms with Crippen molar-refractivity contribution < 1.29 is 4.74 Å². The van der Waals surface area contributed by atoms with Crippen LogP contribution in [0.15, 0.2) is 79.4 Å². The van der Waals surface area contributed by atoms with Crippen LogP contribution in [-0.4, -0.2) is 35.9 Å². The second-order valence-electron chi connectivity index (χ2n) is 7.27. The minimum absolute atomic E-state index is 0.105. The summed E-state index contributed by atoms with van der Waals surface area (Å²) in [5.74, 6) is 1.50. The van der Waals surface area contributed by atoms with Crippen LogP contribution in [-0.2, 0) is 11.3 Å². The molecule has 0 radical (unpaired) electrons. The number of ether oxygens (including phenoxy) is 1. The monoisotopic (exact) mass is 394 g/mol. The van der Waals surface area contributed by atoms with Gasteiger partial charge in [-0.25, -0.2) is 19.6 Å². The third-order valence-corrected chi connectivity index (χ3v) is 5.45. The zero-order valence-electron chi connectivity index (χ0n) is 16.1. The molecule has 1 aliphatic rings. The zero-order valence-corrected chi connectivity index (χ0v) is 16.1. The van der Waals surface area contributed by atoms with Gasteiger partial charge in [-0.05, 0) is 29.3 Å². The summed E-state index contributed by atoms with van der Waals surface area (Å²) < 4.78 is 9.79. The Morgan fingerprint density at radius 3 is 2.60 bits per heavy atom. The standard InChI is InChI=1S/C23H18N6O/c1-2-5-16(6-3-1)21-14-30-15-22-27-19-8-7-17(11-20(19)29(21)22)18-12-24-23(25-13-18)28-10-4-9-26-28/h1-13,21H,14-15H2. The molecule has 0 aliphatic carbocycles. The molecule has 2 aromatic carbocycles. The Morgan fingerprint density at radius 1 is 0.933 bits per heavy atom. The maximum Gasteiger partial charge on any atom is 0.250 e. The Morgan fingerprint density at radius 2 is 1.80 bits per heavy atom. The molecule has 0 spiro atoms. The van der Waals surface area contributed by atoms with Crippen LogP contribution in [0.2, 0.25) is 0 Å². The number of hydrogen-bond acceptors (Lipinski definition) is 5. The van der Waals surface area contributed by atoms with Gasteiger partial charge in [0.2, 0.25) is 5.95 Å². The summed E-state index contributed by atoms with van der Waals surface area (Å²) in [4.78, 5) is 13.7. The molecule has 1 atom stereocenters. The molecule has 1 aliphatic heterocycles. The summed E-state index contributed by atoms with van der Waals surface area (Å²) in [6.45, 7) is 1.16. The van der Waals surface area contributed by atoms with Gasteiger partial charge in [-0.1, -0.05) is 36.4 Å². The van der Waals surface area contributed by atoms with Crippen LogP contribution in [0, 0.1) is 0 Å². The Labute approximate surface area is 172 Å². The Hall–Kier alpha value is -3.84. The quantitative estimate of drug-likeness (QED) is 0.466. The SMILES string of the molecule is c1ccc(C2COCc3nc4ccc(-c5cnc(-n6cccn6)nc5)cc4n32)cc1. The summed E-state index contributed by atoms with van der Waals surface area (Å²) in [5, 5.41) is 4.18. The van der Waals surface area contributed by atoms with Gasteiger partial charge in [0, 0.05) is 30.4 Å². The maximum absolute atomic E-state index is 5.84. The fourth-order valence-corrected chi connectivity index (χ4v) is 4.00. The molecule has 3 aromatic heterocycles. The predicted octanol–water partition coefficient (Wildman–Crippen LogP) is 3.80. The number of aromatic nitrogens is 6. The lowest BCUT2D eigenvalue weighted by Gasteiger charge is -2.26. The smallest absolute Gasteiger partial charge is 0.250 e. The van der Waals surface area contributed by atoms with Crippen molar-refractivity contribution in [2.45, 2.75) is 12.6 Å². The van der Waals surface area contributed by atoms with Crippen molar-refractivity contribution in [3.05, 3.63) is 90.8 Å². The van der Waals surface area contributed by atoms with Gasteiger partial charge in [-0.3, -0.25) is 0 Å². The molecular formula is C23H18N6O. The van der Waals surface area contributed by atoms with Crippen LogP contribution in [0.1, 0.15) is 17.4 Å². The third-order valence-electron chi connectivity index (χ3n) is 5.45. The number of hydrogen-bond donors (Lipinski definition) is 0. The van der Waals surface area contributed by atoms with Crippen molar-refractivity contribution in [3.8, 4) is 17.1 Å². The average Bonchev–Trinajstić information content (AvgIpc) is 3.47. The molecule has 0 bridgehead atoms. The van der Waals surface area contributed by atoms with Crippen molar-refractivity contribution >= 4 is 11.0 Å². The van der Waals surface area contributed by atoms with Crippen LogP contribution in [0.4, 0.5) is 0 Å². The van der Waals surface area contributed by atoms with Gasteiger partial charge in [0.15, 0.2) is 0 Å². The number of benzene rings is 2. The third kappa shape index (κ3) is 2.79. The molecule has 30 heavy (non-hydrogen) atoms. The molecule has 0 saturated heterocycles. The average molecular weight is 394 g/mol. The van der Waals surface area contributed by atoms with Crippen molar-refractivity contribution in [2.24, 2.45) is 0 Å². The fourth-order valence-electron chi connectivity index (χ4n) is 4.00. The summed E-state index contributed by atoms with van der Waals surface area (Å²) in [6.07, 6.45) is 7.19. The van der Waals surface area contributed by atoms with Gasteiger partial charge in [-0.15, -0.1) is 0 Å². The summed E-state index contributed by atoms with van der Waals surface area (Å²) >= 11 is 0. The Balaban J connectivity index is 1.44. The van der Waals surface area contributed by atoms with Crippen molar-refractivity contribution in [1.29, 1.82) is 0 Å². The van der Waals surface area contributed by atoms with Gasteiger partial charge < -0.3 is 9.30 Å². The summed E-state index contributed by atoms with van der Waals surface area (Å²) in [6, 6.07) is 18.7. The summed E-state index contributed by atoms with van der Waals surface area (Å²) in [7, 11) is 0. The minimum atomic E-state index is 0.105. The second kappa shape index (κ2) is 6.89. The lowest BCUT2D eigenvalue weighted by Crippen LogP contribution is -2.24. The Kier molecular flexibility index (Phi) is 3.92. The highest BCUT2D eigenvalue weighted by Gasteiger charge is 2.25. The van der Waals surface area contributed by atoms with E-state index in [-0.39, 0.29) is 6.04 Å². The van der Waals surface area contributed by atoms with Crippen molar-refractivity contribution in [1.82, 2.24) is 29.3 Å². The highest BCUT2D eigenvalue weighted by atomic mass is 16.5. The van der Waals surface area contributed by atoms with Crippen LogP contribution in [0.25, 0.3) is 28.1 Å². The van der Waals surface area contributed by atoms with Gasteiger partial charge in [0.1, 0.15) is 12.4 Å². The zero-order chi connectivity index (χ0) is 19.9. The van der Waals surface area contributed by atoms with Gasteiger partial charge in [-0.2, -0.15) is 5.10 Å². The number of imidazole rings is 1. The molecule has 5 aromatic rings. The van der Waals surface area contributed by atoms with Crippen LogP contribution in [0.3, 0.4) is 0 Å². The predicted molar refractivity (Wildman–Crippen MR) is 112 cm³/mol. The molecule has 0 saturated carbocycles. The molecule has 0 N–H and O–H groups in total. The maximum atomic E-state index is 5.84. The Bertz CT molecular complexity index is 1310. The first-order valence-electron chi connectivity index (χ1n) is 9.83. The van der Waals surface area contributed by atoms with E-state index in [0.29, 0.717) is 19.2 Å². The molecule has 7 heteroatoms. The highest BCUT2D eigenvalue weighted by molar-refractivity contribution is 5.83. The molecule has 4 heterocycles. The first-order valence-corrected chi connectivity index (χ1v) is 9.83. The number of nitrogens with zero attached hydrogens (tertiary/aromatic N) is 6. The van der Waals surface area contributed by atoms with Gasteiger partial charge in [0.25, 0.3) is 0 Å². The fraction of sp³-hybridized carbons (Fsp3) is 0.130. The van der Waals surface area contributed by atoms with E-state index in [1.807, 2.05) is 30.7 Å². The summed E-state index contributed by atoms with van der Waals surface area (Å²) in [5.41, 5.74) is 5.28. The topological polar surface area (TPSA) is 70.7 Å². The van der Waals surface area contributed by atoms with E-state index in [1.54, 1.807) is 10.9 Å². The highest BCUT2D eigenvalue weighted by Crippen LogP contribution is 2.32. The van der Waals surface area contributed by atoms with E-state index >= 15 is 0 Å². The molecule has 146 valence electrons. The first-order chi connectivity index (χ1) is 14.9. The van der Waals surface area contributed by atoms with E-state index in [2.05, 4.69) is 62.1 Å². The van der Waals surface area contributed by atoms with E-state index < -0.39 is 0 Å². The van der Waals surface area contributed by atoms with Crippen LogP contribution < -0.4 is 0 Å². The van der Waals surface area contributed by atoms with Crippen LogP contribution >= 0.6 is 0 Å². The van der Waals surface area contributed by atoms with Crippen molar-refractivity contribution in [3.63, 3.8) is 0 Å². The number of fused-ring (bicyclic) bond motifs is 3. The normalized spacial score (nSPS) is 15.9. The molecule has 6 rings (SSSR count). The van der Waals surface area contributed by atoms with E-state index in [0.717, 1.165) is 28.0 Å². The molecule has 7 nitrogen and oxygen atoms in total. The minimum Gasteiger partial charge on any atom is -0.371 e.